The summed E-state index contributed by atoms with van der Waals surface area (Å²) in [6.45, 7) is 3.42. The molecule has 0 radical (unpaired) electrons. The van der Waals surface area contributed by atoms with Crippen molar-refractivity contribution in [3.63, 3.8) is 0 Å². The molecule has 0 aliphatic carbocycles. The van der Waals surface area contributed by atoms with Gasteiger partial charge in [0.2, 0.25) is 5.90 Å². The quantitative estimate of drug-likeness (QED) is 0.218. The SMILES string of the molecule is CCOc1cc(/C=C2\N=C(c3ccc(OC(C)=O)c(OC)c3)OC2=O)ccc1OC(=O)/C=C/c1ccccc1. The average Bonchev–Trinajstić information content (AvgIpc) is 3.29. The fourth-order valence-corrected chi connectivity index (χ4v) is 3.57. The van der Waals surface area contributed by atoms with Crippen LogP contribution in [0.25, 0.3) is 12.2 Å². The van der Waals surface area contributed by atoms with Gasteiger partial charge in [-0.25, -0.2) is 14.6 Å². The standard InChI is InChI=1S/C30H25NO8/c1-4-36-27-17-21(10-13-25(27)38-28(33)15-11-20-8-6-5-7-9-20)16-23-30(34)39-29(31-23)22-12-14-24(37-19(2)32)26(18-22)35-3/h5-18H,4H2,1-3H3/b15-11+,23-16-. The number of hydrogen-bond acceptors (Lipinski definition) is 9. The van der Waals surface area contributed by atoms with Gasteiger partial charge in [-0.3, -0.25) is 4.79 Å². The van der Waals surface area contributed by atoms with Crippen LogP contribution in [0.15, 0.2) is 83.5 Å². The molecular formula is C30H25NO8. The first-order valence-corrected chi connectivity index (χ1v) is 12.0. The number of carbonyl (C=O) groups excluding carboxylic acids is 3. The molecule has 1 aliphatic rings. The molecule has 4 rings (SSSR count). The fourth-order valence-electron chi connectivity index (χ4n) is 3.57. The van der Waals surface area contributed by atoms with E-state index in [-0.39, 0.29) is 28.8 Å². The molecule has 3 aromatic carbocycles. The number of methoxy groups -OCH3 is 1. The van der Waals surface area contributed by atoms with Crippen LogP contribution in [0.5, 0.6) is 23.0 Å². The van der Waals surface area contributed by atoms with Gasteiger partial charge in [0, 0.05) is 18.6 Å². The van der Waals surface area contributed by atoms with E-state index in [4.69, 9.17) is 23.7 Å². The summed E-state index contributed by atoms with van der Waals surface area (Å²) in [7, 11) is 1.43. The van der Waals surface area contributed by atoms with Crippen molar-refractivity contribution in [2.24, 2.45) is 4.99 Å². The van der Waals surface area contributed by atoms with E-state index in [1.54, 1.807) is 43.3 Å². The zero-order valence-electron chi connectivity index (χ0n) is 21.5. The molecule has 0 N–H and O–H groups in total. The number of esters is 3. The second-order valence-corrected chi connectivity index (χ2v) is 8.10. The van der Waals surface area contributed by atoms with Crippen LogP contribution in [0.1, 0.15) is 30.5 Å². The number of rotatable bonds is 9. The third kappa shape index (κ3) is 6.98. The number of benzene rings is 3. The van der Waals surface area contributed by atoms with E-state index in [1.165, 1.54) is 32.3 Å². The Balaban J connectivity index is 1.54. The summed E-state index contributed by atoms with van der Waals surface area (Å²) < 4.78 is 26.8. The van der Waals surface area contributed by atoms with Crippen molar-refractivity contribution >= 4 is 36.0 Å². The van der Waals surface area contributed by atoms with Gasteiger partial charge in [0.25, 0.3) is 0 Å². The average molecular weight is 528 g/mol. The van der Waals surface area contributed by atoms with Crippen molar-refractivity contribution in [3.05, 3.63) is 95.2 Å². The predicted molar refractivity (Wildman–Crippen MR) is 144 cm³/mol. The van der Waals surface area contributed by atoms with Crippen LogP contribution < -0.4 is 18.9 Å². The van der Waals surface area contributed by atoms with Gasteiger partial charge in [-0.05, 0) is 60.5 Å². The van der Waals surface area contributed by atoms with Gasteiger partial charge >= 0.3 is 17.9 Å². The van der Waals surface area contributed by atoms with Crippen molar-refractivity contribution in [1.29, 1.82) is 0 Å². The molecule has 0 amide bonds. The van der Waals surface area contributed by atoms with E-state index in [1.807, 2.05) is 30.3 Å². The van der Waals surface area contributed by atoms with E-state index in [0.29, 0.717) is 23.5 Å². The maximum atomic E-state index is 12.5. The molecule has 0 bridgehead atoms. The van der Waals surface area contributed by atoms with Gasteiger partial charge in [-0.1, -0.05) is 36.4 Å². The van der Waals surface area contributed by atoms with Gasteiger partial charge in [0.15, 0.2) is 28.7 Å². The smallest absolute Gasteiger partial charge is 0.363 e. The maximum Gasteiger partial charge on any atom is 0.363 e. The van der Waals surface area contributed by atoms with Crippen molar-refractivity contribution < 1.29 is 38.1 Å². The number of nitrogens with zero attached hydrogens (tertiary/aromatic N) is 1. The number of aliphatic imine (C=N–C) groups is 1. The van der Waals surface area contributed by atoms with Crippen LogP contribution in [0, 0.1) is 0 Å². The molecule has 198 valence electrons. The molecule has 1 heterocycles. The van der Waals surface area contributed by atoms with Gasteiger partial charge in [0.05, 0.1) is 13.7 Å². The third-order valence-corrected chi connectivity index (χ3v) is 5.28. The molecule has 9 nitrogen and oxygen atoms in total. The summed E-state index contributed by atoms with van der Waals surface area (Å²) in [5.41, 5.74) is 1.97. The molecule has 0 saturated heterocycles. The fraction of sp³-hybridized carbons (Fsp3) is 0.133. The first kappa shape index (κ1) is 26.9. The lowest BCUT2D eigenvalue weighted by atomic mass is 10.1. The first-order chi connectivity index (χ1) is 18.9. The molecule has 39 heavy (non-hydrogen) atoms. The van der Waals surface area contributed by atoms with Crippen LogP contribution in [0.4, 0.5) is 0 Å². The Morgan fingerprint density at radius 3 is 2.36 bits per heavy atom. The molecule has 9 heteroatoms. The van der Waals surface area contributed by atoms with Crippen molar-refractivity contribution in [3.8, 4) is 23.0 Å². The molecule has 1 aliphatic heterocycles. The summed E-state index contributed by atoms with van der Waals surface area (Å²) >= 11 is 0. The Hall–Kier alpha value is -5.18. The highest BCUT2D eigenvalue weighted by Gasteiger charge is 2.25. The summed E-state index contributed by atoms with van der Waals surface area (Å²) in [6, 6.07) is 18.9. The molecule has 0 atom stereocenters. The summed E-state index contributed by atoms with van der Waals surface area (Å²) in [5.74, 6) is -0.554. The minimum Gasteiger partial charge on any atom is -0.493 e. The molecule has 3 aromatic rings. The number of carbonyl (C=O) groups is 3. The summed E-state index contributed by atoms with van der Waals surface area (Å²) in [6.07, 6.45) is 4.52. The normalized spacial score (nSPS) is 13.7. The maximum absolute atomic E-state index is 12.5. The second kappa shape index (κ2) is 12.4. The Labute approximate surface area is 224 Å². The number of cyclic esters (lactones) is 1. The van der Waals surface area contributed by atoms with Crippen molar-refractivity contribution in [2.75, 3.05) is 13.7 Å². The summed E-state index contributed by atoms with van der Waals surface area (Å²) in [4.78, 5) is 40.5. The number of hydrogen-bond donors (Lipinski definition) is 0. The lowest BCUT2D eigenvalue weighted by Gasteiger charge is -2.10. The molecular weight excluding hydrogens is 502 g/mol. The third-order valence-electron chi connectivity index (χ3n) is 5.28. The van der Waals surface area contributed by atoms with Crippen molar-refractivity contribution in [1.82, 2.24) is 0 Å². The first-order valence-electron chi connectivity index (χ1n) is 12.0. The summed E-state index contributed by atoms with van der Waals surface area (Å²) in [5, 5.41) is 0. The van der Waals surface area contributed by atoms with E-state index < -0.39 is 17.9 Å². The van der Waals surface area contributed by atoms with Crippen LogP contribution in [-0.2, 0) is 19.1 Å². The van der Waals surface area contributed by atoms with Crippen LogP contribution in [-0.4, -0.2) is 37.5 Å². The van der Waals surface area contributed by atoms with Crippen LogP contribution in [0.3, 0.4) is 0 Å². The molecule has 0 aromatic heterocycles. The monoisotopic (exact) mass is 527 g/mol. The lowest BCUT2D eigenvalue weighted by molar-refractivity contribution is -0.132. The highest BCUT2D eigenvalue weighted by Crippen LogP contribution is 2.32. The van der Waals surface area contributed by atoms with Crippen LogP contribution in [0.2, 0.25) is 0 Å². The van der Waals surface area contributed by atoms with Gasteiger partial charge in [0.1, 0.15) is 0 Å². The zero-order chi connectivity index (χ0) is 27.8. The van der Waals surface area contributed by atoms with Gasteiger partial charge < -0.3 is 23.7 Å². The van der Waals surface area contributed by atoms with E-state index >= 15 is 0 Å². The Morgan fingerprint density at radius 1 is 0.897 bits per heavy atom. The van der Waals surface area contributed by atoms with E-state index in [0.717, 1.165) is 5.56 Å². The predicted octanol–water partition coefficient (Wildman–Crippen LogP) is 4.98. The minimum absolute atomic E-state index is 0.0611. The van der Waals surface area contributed by atoms with Crippen molar-refractivity contribution in [2.45, 2.75) is 13.8 Å². The lowest BCUT2D eigenvalue weighted by Crippen LogP contribution is -2.07. The molecule has 0 spiro atoms. The molecule has 0 saturated carbocycles. The zero-order valence-corrected chi connectivity index (χ0v) is 21.5. The molecule has 0 unspecified atom stereocenters. The van der Waals surface area contributed by atoms with Crippen LogP contribution >= 0.6 is 0 Å². The number of ether oxygens (including phenoxy) is 5. The van der Waals surface area contributed by atoms with E-state index in [2.05, 4.69) is 4.99 Å². The van der Waals surface area contributed by atoms with Gasteiger partial charge in [-0.15, -0.1) is 0 Å². The highest BCUT2D eigenvalue weighted by atomic mass is 16.6. The highest BCUT2D eigenvalue weighted by molar-refractivity contribution is 6.13. The molecule has 0 fully saturated rings. The topological polar surface area (TPSA) is 110 Å². The van der Waals surface area contributed by atoms with E-state index in [9.17, 15) is 14.4 Å². The Morgan fingerprint density at radius 2 is 1.64 bits per heavy atom. The van der Waals surface area contributed by atoms with Gasteiger partial charge in [-0.2, -0.15) is 0 Å². The largest absolute Gasteiger partial charge is 0.493 e. The Kier molecular flexibility index (Phi) is 8.53. The minimum atomic E-state index is -0.646. The second-order valence-electron chi connectivity index (χ2n) is 8.10. The Bertz CT molecular complexity index is 1490.